The Morgan fingerprint density at radius 3 is 2.65 bits per heavy atom. The van der Waals surface area contributed by atoms with Gasteiger partial charge in [0.25, 0.3) is 5.91 Å². The van der Waals surface area contributed by atoms with Crippen LogP contribution in [-0.4, -0.2) is 38.1 Å². The summed E-state index contributed by atoms with van der Waals surface area (Å²) >= 11 is 0. The molecule has 1 unspecified atom stereocenters. The summed E-state index contributed by atoms with van der Waals surface area (Å²) in [6.07, 6.45) is 1.85. The van der Waals surface area contributed by atoms with Crippen molar-refractivity contribution < 1.29 is 14.7 Å². The number of benzene rings is 1. The number of aliphatic carboxylic acids is 1. The van der Waals surface area contributed by atoms with E-state index in [4.69, 9.17) is 0 Å². The fourth-order valence-corrected chi connectivity index (χ4v) is 2.84. The van der Waals surface area contributed by atoms with Crippen LogP contribution >= 0.6 is 0 Å². The smallest absolute Gasteiger partial charge is 0.308 e. The van der Waals surface area contributed by atoms with Gasteiger partial charge in [0, 0.05) is 18.8 Å². The molecule has 3 aromatic rings. The maximum Gasteiger partial charge on any atom is 0.308 e. The monoisotopic (exact) mass is 352 g/mol. The van der Waals surface area contributed by atoms with Gasteiger partial charge in [0.1, 0.15) is 0 Å². The van der Waals surface area contributed by atoms with Crippen molar-refractivity contribution in [3.05, 3.63) is 65.1 Å². The van der Waals surface area contributed by atoms with Crippen LogP contribution in [0.4, 0.5) is 0 Å². The van der Waals surface area contributed by atoms with Crippen LogP contribution in [0.3, 0.4) is 0 Å². The molecule has 2 heterocycles. The molecule has 3 rings (SSSR count). The highest BCUT2D eigenvalue weighted by atomic mass is 16.4. The van der Waals surface area contributed by atoms with Crippen molar-refractivity contribution in [1.29, 1.82) is 0 Å². The molecule has 1 atom stereocenters. The van der Waals surface area contributed by atoms with Crippen LogP contribution in [-0.2, 0) is 11.2 Å². The van der Waals surface area contributed by atoms with Gasteiger partial charge in [-0.05, 0) is 25.8 Å². The highest BCUT2D eigenvalue weighted by Gasteiger charge is 2.20. The molecule has 0 radical (unpaired) electrons. The molecule has 0 saturated heterocycles. The number of carboxylic acid groups (broad SMARTS) is 1. The van der Waals surface area contributed by atoms with Gasteiger partial charge in [0.05, 0.1) is 22.9 Å². The van der Waals surface area contributed by atoms with Crippen LogP contribution in [0.15, 0.2) is 42.6 Å². The number of carboxylic acids is 1. The number of carbonyl (C=O) groups excluding carboxylic acids is 1. The van der Waals surface area contributed by atoms with Gasteiger partial charge in [-0.15, -0.1) is 0 Å². The average Bonchev–Trinajstić information content (AvgIpc) is 3.00. The Morgan fingerprint density at radius 2 is 1.96 bits per heavy atom. The maximum absolute atomic E-state index is 12.5. The summed E-state index contributed by atoms with van der Waals surface area (Å²) < 4.78 is 1.61. The van der Waals surface area contributed by atoms with Crippen molar-refractivity contribution in [2.45, 2.75) is 20.3 Å². The standard InChI is InChI=1S/C19H20N4O3/c1-12-8-17-20-11-16(13(2)23(17)22-12)18(24)21-10-15(19(25)26)9-14-6-4-3-5-7-14/h3-8,11,15H,9-10H2,1-2H3,(H,21,24)(H,25,26). The lowest BCUT2D eigenvalue weighted by Crippen LogP contribution is -2.34. The van der Waals surface area contributed by atoms with Crippen LogP contribution in [0.5, 0.6) is 0 Å². The lowest BCUT2D eigenvalue weighted by atomic mass is 9.99. The number of fused-ring (bicyclic) bond motifs is 1. The van der Waals surface area contributed by atoms with E-state index in [0.29, 0.717) is 23.3 Å². The normalized spacial score (nSPS) is 12.1. The van der Waals surface area contributed by atoms with Crippen molar-refractivity contribution >= 4 is 17.5 Å². The predicted molar refractivity (Wildman–Crippen MR) is 96.1 cm³/mol. The second kappa shape index (κ2) is 7.35. The Balaban J connectivity index is 1.72. The van der Waals surface area contributed by atoms with Crippen LogP contribution < -0.4 is 5.32 Å². The Bertz CT molecular complexity index is 950. The molecule has 7 heteroatoms. The zero-order chi connectivity index (χ0) is 18.7. The second-order valence-electron chi connectivity index (χ2n) is 6.25. The van der Waals surface area contributed by atoms with E-state index in [1.54, 1.807) is 11.4 Å². The molecule has 2 aromatic heterocycles. The van der Waals surface area contributed by atoms with Gasteiger partial charge in [-0.25, -0.2) is 9.50 Å². The van der Waals surface area contributed by atoms with Gasteiger partial charge in [-0.1, -0.05) is 30.3 Å². The summed E-state index contributed by atoms with van der Waals surface area (Å²) in [4.78, 5) is 28.3. The Kier molecular flexibility index (Phi) is 4.97. The molecule has 0 bridgehead atoms. The van der Waals surface area contributed by atoms with E-state index in [9.17, 15) is 14.7 Å². The molecule has 2 N–H and O–H groups in total. The van der Waals surface area contributed by atoms with Crippen LogP contribution in [0, 0.1) is 19.8 Å². The van der Waals surface area contributed by atoms with Crippen molar-refractivity contribution in [3.8, 4) is 0 Å². The van der Waals surface area contributed by atoms with E-state index in [2.05, 4.69) is 15.4 Å². The predicted octanol–water partition coefficient (Wildman–Crippen LogP) is 2.02. The molecular formula is C19H20N4O3. The van der Waals surface area contributed by atoms with Crippen LogP contribution in [0.2, 0.25) is 0 Å². The topological polar surface area (TPSA) is 96.6 Å². The van der Waals surface area contributed by atoms with E-state index in [1.807, 2.05) is 43.3 Å². The third-order valence-electron chi connectivity index (χ3n) is 4.27. The zero-order valence-electron chi connectivity index (χ0n) is 14.6. The third-order valence-corrected chi connectivity index (χ3v) is 4.27. The first-order chi connectivity index (χ1) is 12.5. The SMILES string of the molecule is Cc1cc2ncc(C(=O)NCC(Cc3ccccc3)C(=O)O)c(C)n2n1. The molecule has 1 amide bonds. The van der Waals surface area contributed by atoms with Crippen LogP contribution in [0.25, 0.3) is 5.65 Å². The number of carbonyl (C=O) groups is 2. The summed E-state index contributed by atoms with van der Waals surface area (Å²) in [7, 11) is 0. The molecule has 0 fully saturated rings. The second-order valence-corrected chi connectivity index (χ2v) is 6.25. The van der Waals surface area contributed by atoms with Crippen molar-refractivity contribution in [1.82, 2.24) is 19.9 Å². The first kappa shape index (κ1) is 17.6. The van der Waals surface area contributed by atoms with Gasteiger partial charge in [-0.3, -0.25) is 9.59 Å². The molecule has 7 nitrogen and oxygen atoms in total. The minimum atomic E-state index is -0.942. The van der Waals surface area contributed by atoms with Gasteiger partial charge < -0.3 is 10.4 Å². The lowest BCUT2D eigenvalue weighted by molar-refractivity contribution is -0.141. The number of rotatable bonds is 6. The molecule has 0 aliphatic carbocycles. The fraction of sp³-hybridized carbons (Fsp3) is 0.263. The van der Waals surface area contributed by atoms with E-state index in [1.165, 1.54) is 6.20 Å². The van der Waals surface area contributed by atoms with Gasteiger partial charge >= 0.3 is 5.97 Å². The Morgan fingerprint density at radius 1 is 1.23 bits per heavy atom. The van der Waals surface area contributed by atoms with Gasteiger partial charge in [-0.2, -0.15) is 5.10 Å². The number of amides is 1. The minimum Gasteiger partial charge on any atom is -0.481 e. The van der Waals surface area contributed by atoms with Crippen molar-refractivity contribution in [3.63, 3.8) is 0 Å². The molecular weight excluding hydrogens is 332 g/mol. The van der Waals surface area contributed by atoms with Crippen molar-refractivity contribution in [2.24, 2.45) is 5.92 Å². The summed E-state index contributed by atoms with van der Waals surface area (Å²) in [5.41, 5.74) is 3.44. The largest absolute Gasteiger partial charge is 0.481 e. The number of hydrogen-bond acceptors (Lipinski definition) is 4. The highest BCUT2D eigenvalue weighted by Crippen LogP contribution is 2.12. The summed E-state index contributed by atoms with van der Waals surface area (Å²) in [5, 5.41) is 16.5. The van der Waals surface area contributed by atoms with E-state index in [-0.39, 0.29) is 12.5 Å². The molecule has 0 spiro atoms. The Hall–Kier alpha value is -3.22. The molecule has 0 saturated carbocycles. The maximum atomic E-state index is 12.5. The van der Waals surface area contributed by atoms with Crippen LogP contribution in [0.1, 0.15) is 27.3 Å². The van der Waals surface area contributed by atoms with E-state index < -0.39 is 11.9 Å². The first-order valence-electron chi connectivity index (χ1n) is 8.32. The van der Waals surface area contributed by atoms with E-state index in [0.717, 1.165) is 11.3 Å². The molecule has 0 aliphatic heterocycles. The fourth-order valence-electron chi connectivity index (χ4n) is 2.84. The van der Waals surface area contributed by atoms with E-state index >= 15 is 0 Å². The molecule has 134 valence electrons. The number of aryl methyl sites for hydroxylation is 2. The molecule has 1 aromatic carbocycles. The lowest BCUT2D eigenvalue weighted by Gasteiger charge is -2.14. The number of nitrogens with one attached hydrogen (secondary N) is 1. The van der Waals surface area contributed by atoms with Crippen molar-refractivity contribution in [2.75, 3.05) is 6.54 Å². The molecule has 0 aliphatic rings. The third kappa shape index (κ3) is 3.72. The summed E-state index contributed by atoms with van der Waals surface area (Å²) in [6, 6.07) is 11.2. The quantitative estimate of drug-likeness (QED) is 0.707. The van der Waals surface area contributed by atoms with Gasteiger partial charge in [0.2, 0.25) is 0 Å². The average molecular weight is 352 g/mol. The zero-order valence-corrected chi connectivity index (χ0v) is 14.6. The number of hydrogen-bond donors (Lipinski definition) is 2. The minimum absolute atomic E-state index is 0.0404. The Labute approximate surface area is 150 Å². The highest BCUT2D eigenvalue weighted by molar-refractivity contribution is 5.95. The van der Waals surface area contributed by atoms with Gasteiger partial charge in [0.15, 0.2) is 5.65 Å². The summed E-state index contributed by atoms with van der Waals surface area (Å²) in [6.45, 7) is 3.68. The number of nitrogens with zero attached hydrogens (tertiary/aromatic N) is 3. The first-order valence-corrected chi connectivity index (χ1v) is 8.32. The summed E-state index contributed by atoms with van der Waals surface area (Å²) in [5.74, 6) is -2.00. The number of aromatic nitrogens is 3. The molecule has 26 heavy (non-hydrogen) atoms.